The molecule has 1 nitrogen and oxygen atoms in total. The molecule has 0 saturated carbocycles. The van der Waals surface area contributed by atoms with Crippen molar-refractivity contribution < 1.29 is 0 Å². The number of thiophene rings is 1. The van der Waals surface area contributed by atoms with Crippen LogP contribution >= 0.6 is 11.3 Å². The highest BCUT2D eigenvalue weighted by Gasteiger charge is 2.10. The summed E-state index contributed by atoms with van der Waals surface area (Å²) in [6.45, 7) is 4.40. The lowest BCUT2D eigenvalue weighted by atomic mass is 10.0. The number of hydrogen-bond acceptors (Lipinski definition) is 2. The van der Waals surface area contributed by atoms with E-state index in [9.17, 15) is 0 Å². The van der Waals surface area contributed by atoms with Crippen molar-refractivity contribution in [2.24, 2.45) is 5.92 Å². The topological polar surface area (TPSA) is 12.0 Å². The molecule has 0 fully saturated rings. The fourth-order valence-corrected chi connectivity index (χ4v) is 2.28. The average Bonchev–Trinajstić information content (AvgIpc) is 2.56. The maximum Gasteiger partial charge on any atom is 0.0312 e. The molecule has 1 N–H and O–H groups in total. The lowest BCUT2D eigenvalue weighted by Gasteiger charge is -2.18. The number of rotatable bonds is 1. The van der Waals surface area contributed by atoms with E-state index in [1.807, 2.05) is 11.3 Å². The van der Waals surface area contributed by atoms with E-state index in [0.29, 0.717) is 5.92 Å². The number of hydrogen-bond donors (Lipinski definition) is 1. The van der Waals surface area contributed by atoms with Crippen LogP contribution in [0.5, 0.6) is 0 Å². The van der Waals surface area contributed by atoms with Gasteiger partial charge in [0.2, 0.25) is 0 Å². The molecule has 2 rings (SSSR count). The van der Waals surface area contributed by atoms with Crippen LogP contribution in [-0.2, 0) is 0 Å². The molecular weight excluding hydrogens is 166 g/mol. The SMILES string of the molecule is CC1C=C(c2cccs2)CNC1. The van der Waals surface area contributed by atoms with Crippen molar-refractivity contribution in [3.8, 4) is 0 Å². The summed E-state index contributed by atoms with van der Waals surface area (Å²) < 4.78 is 0. The second kappa shape index (κ2) is 3.42. The van der Waals surface area contributed by atoms with Gasteiger partial charge in [0.1, 0.15) is 0 Å². The van der Waals surface area contributed by atoms with E-state index in [0.717, 1.165) is 13.1 Å². The van der Waals surface area contributed by atoms with Crippen LogP contribution in [-0.4, -0.2) is 13.1 Å². The molecule has 1 aromatic rings. The summed E-state index contributed by atoms with van der Waals surface area (Å²) in [5.74, 6) is 0.677. The highest BCUT2D eigenvalue weighted by Crippen LogP contribution is 2.22. The molecule has 0 bridgehead atoms. The van der Waals surface area contributed by atoms with Gasteiger partial charge < -0.3 is 5.32 Å². The Hall–Kier alpha value is -0.600. The minimum absolute atomic E-state index is 0.677. The lowest BCUT2D eigenvalue weighted by molar-refractivity contribution is 0.607. The van der Waals surface area contributed by atoms with Gasteiger partial charge in [-0.15, -0.1) is 11.3 Å². The normalized spacial score (nSPS) is 23.8. The van der Waals surface area contributed by atoms with Crippen LogP contribution in [0, 0.1) is 5.92 Å². The number of nitrogens with one attached hydrogen (secondary N) is 1. The van der Waals surface area contributed by atoms with Crippen molar-refractivity contribution in [3.05, 3.63) is 28.5 Å². The van der Waals surface area contributed by atoms with Crippen molar-refractivity contribution >= 4 is 16.9 Å². The van der Waals surface area contributed by atoms with Gasteiger partial charge in [-0.25, -0.2) is 0 Å². The molecule has 1 aromatic heterocycles. The second-order valence-electron chi connectivity index (χ2n) is 3.28. The molecule has 1 aliphatic rings. The zero-order valence-electron chi connectivity index (χ0n) is 7.21. The van der Waals surface area contributed by atoms with Crippen molar-refractivity contribution in [1.29, 1.82) is 0 Å². The summed E-state index contributed by atoms with van der Waals surface area (Å²) in [7, 11) is 0. The highest BCUT2D eigenvalue weighted by atomic mass is 32.1. The van der Waals surface area contributed by atoms with Crippen LogP contribution in [0.15, 0.2) is 23.6 Å². The third-order valence-electron chi connectivity index (χ3n) is 2.11. The van der Waals surface area contributed by atoms with Crippen LogP contribution < -0.4 is 5.32 Å². The van der Waals surface area contributed by atoms with Gasteiger partial charge in [0.15, 0.2) is 0 Å². The minimum atomic E-state index is 0.677. The fraction of sp³-hybridized carbons (Fsp3) is 0.400. The van der Waals surface area contributed by atoms with E-state index >= 15 is 0 Å². The van der Waals surface area contributed by atoms with Gasteiger partial charge in [-0.2, -0.15) is 0 Å². The van der Waals surface area contributed by atoms with Gasteiger partial charge >= 0.3 is 0 Å². The molecule has 2 heteroatoms. The maximum atomic E-state index is 3.41. The van der Waals surface area contributed by atoms with Crippen LogP contribution in [0.25, 0.3) is 5.57 Å². The van der Waals surface area contributed by atoms with Gasteiger partial charge in [-0.05, 0) is 22.9 Å². The molecule has 0 saturated heterocycles. The zero-order chi connectivity index (χ0) is 8.39. The first kappa shape index (κ1) is 8.02. The fourth-order valence-electron chi connectivity index (χ4n) is 1.53. The van der Waals surface area contributed by atoms with Gasteiger partial charge in [0, 0.05) is 18.0 Å². The summed E-state index contributed by atoms with van der Waals surface area (Å²) in [6.07, 6.45) is 2.38. The average molecular weight is 179 g/mol. The predicted octanol–water partition coefficient (Wildman–Crippen LogP) is 2.37. The Labute approximate surface area is 77.1 Å². The molecule has 1 unspecified atom stereocenters. The molecule has 0 amide bonds. The van der Waals surface area contributed by atoms with E-state index in [2.05, 4.69) is 35.8 Å². The summed E-state index contributed by atoms with van der Waals surface area (Å²) in [5, 5.41) is 5.55. The first-order valence-corrected chi connectivity index (χ1v) is 5.19. The first-order valence-electron chi connectivity index (χ1n) is 4.31. The van der Waals surface area contributed by atoms with E-state index in [4.69, 9.17) is 0 Å². The van der Waals surface area contributed by atoms with Crippen molar-refractivity contribution in [2.45, 2.75) is 6.92 Å². The Kier molecular flexibility index (Phi) is 2.28. The Morgan fingerprint density at radius 3 is 3.17 bits per heavy atom. The lowest BCUT2D eigenvalue weighted by Crippen LogP contribution is -2.26. The standard InChI is InChI=1S/C10H13NS/c1-8-5-9(7-11-6-8)10-3-2-4-12-10/h2-5,8,11H,6-7H2,1H3. The van der Waals surface area contributed by atoms with Crippen molar-refractivity contribution in [1.82, 2.24) is 5.32 Å². The van der Waals surface area contributed by atoms with Crippen molar-refractivity contribution in [3.63, 3.8) is 0 Å². The van der Waals surface area contributed by atoms with E-state index in [-0.39, 0.29) is 0 Å². The molecule has 12 heavy (non-hydrogen) atoms. The second-order valence-corrected chi connectivity index (χ2v) is 4.23. The molecule has 0 aromatic carbocycles. The summed E-state index contributed by atoms with van der Waals surface area (Å²) in [6, 6.07) is 4.30. The minimum Gasteiger partial charge on any atom is -0.312 e. The zero-order valence-corrected chi connectivity index (χ0v) is 8.03. The molecular formula is C10H13NS. The van der Waals surface area contributed by atoms with Gasteiger partial charge in [0.05, 0.1) is 0 Å². The highest BCUT2D eigenvalue weighted by molar-refractivity contribution is 7.11. The van der Waals surface area contributed by atoms with Crippen LogP contribution in [0.2, 0.25) is 0 Å². The van der Waals surface area contributed by atoms with Crippen LogP contribution in [0.3, 0.4) is 0 Å². The Morgan fingerprint density at radius 1 is 1.58 bits per heavy atom. The largest absolute Gasteiger partial charge is 0.312 e. The Bertz CT molecular complexity index is 274. The van der Waals surface area contributed by atoms with Gasteiger partial charge in [-0.1, -0.05) is 19.1 Å². The summed E-state index contributed by atoms with van der Waals surface area (Å²) in [4.78, 5) is 1.41. The summed E-state index contributed by atoms with van der Waals surface area (Å²) in [5.41, 5.74) is 1.46. The third-order valence-corrected chi connectivity index (χ3v) is 3.05. The van der Waals surface area contributed by atoms with Gasteiger partial charge in [0.25, 0.3) is 0 Å². The maximum absolute atomic E-state index is 3.41. The molecule has 64 valence electrons. The van der Waals surface area contributed by atoms with Crippen LogP contribution in [0.1, 0.15) is 11.8 Å². The summed E-state index contributed by atoms with van der Waals surface area (Å²) >= 11 is 1.82. The third kappa shape index (κ3) is 1.59. The Morgan fingerprint density at radius 2 is 2.50 bits per heavy atom. The molecule has 0 spiro atoms. The monoisotopic (exact) mass is 179 g/mol. The molecule has 1 aliphatic heterocycles. The Balaban J connectivity index is 2.23. The quantitative estimate of drug-likeness (QED) is 0.698. The van der Waals surface area contributed by atoms with Crippen molar-refractivity contribution in [2.75, 3.05) is 13.1 Å². The first-order chi connectivity index (χ1) is 5.86. The van der Waals surface area contributed by atoms with E-state index in [1.54, 1.807) is 0 Å². The van der Waals surface area contributed by atoms with E-state index < -0.39 is 0 Å². The molecule has 0 radical (unpaired) electrons. The molecule has 2 heterocycles. The van der Waals surface area contributed by atoms with Gasteiger partial charge in [-0.3, -0.25) is 0 Å². The molecule has 1 atom stereocenters. The molecule has 0 aliphatic carbocycles. The smallest absolute Gasteiger partial charge is 0.0312 e. The predicted molar refractivity (Wildman–Crippen MR) is 54.3 cm³/mol. The van der Waals surface area contributed by atoms with Crippen LogP contribution in [0.4, 0.5) is 0 Å². The van der Waals surface area contributed by atoms with E-state index in [1.165, 1.54) is 10.5 Å².